The number of benzene rings is 1. The van der Waals surface area contributed by atoms with Gasteiger partial charge in [0.25, 0.3) is 0 Å². The molecule has 0 saturated carbocycles. The molecule has 0 aliphatic carbocycles. The molecule has 6 nitrogen and oxygen atoms in total. The molecule has 0 radical (unpaired) electrons. The van der Waals surface area contributed by atoms with E-state index in [-0.39, 0.29) is 12.3 Å². The van der Waals surface area contributed by atoms with Crippen LogP contribution in [0, 0.1) is 13.8 Å². The maximum Gasteiger partial charge on any atom is 0.326 e. The predicted molar refractivity (Wildman–Crippen MR) is 80.4 cm³/mol. The number of carbonyl (C=O) groups is 3. The monoisotopic (exact) mass is 304 g/mol. The topological polar surface area (TPSA) is 95.5 Å². The van der Waals surface area contributed by atoms with Gasteiger partial charge in [0.2, 0.25) is 11.8 Å². The number of rotatable bonds is 5. The van der Waals surface area contributed by atoms with Crippen molar-refractivity contribution in [3.05, 3.63) is 34.9 Å². The van der Waals surface area contributed by atoms with Crippen LogP contribution in [-0.2, 0) is 20.8 Å². The average Bonchev–Trinajstić information content (AvgIpc) is 2.88. The van der Waals surface area contributed by atoms with Crippen molar-refractivity contribution >= 4 is 17.8 Å². The predicted octanol–water partition coefficient (Wildman–Crippen LogP) is 0.694. The third kappa shape index (κ3) is 3.84. The molecule has 2 atom stereocenters. The SMILES string of the molecule is Cc1ccc(C[C@H](NC(=O)[C@H]2CCC(=O)N2)C(=O)O)cc1C. The number of aryl methyl sites for hydroxylation is 2. The summed E-state index contributed by atoms with van der Waals surface area (Å²) in [5.41, 5.74) is 3.07. The molecule has 22 heavy (non-hydrogen) atoms. The molecule has 118 valence electrons. The van der Waals surface area contributed by atoms with E-state index in [4.69, 9.17) is 0 Å². The maximum absolute atomic E-state index is 12.0. The van der Waals surface area contributed by atoms with Gasteiger partial charge in [0.15, 0.2) is 0 Å². The van der Waals surface area contributed by atoms with Crippen molar-refractivity contribution in [2.24, 2.45) is 0 Å². The zero-order valence-corrected chi connectivity index (χ0v) is 12.7. The molecule has 0 bridgehead atoms. The van der Waals surface area contributed by atoms with E-state index in [0.717, 1.165) is 16.7 Å². The minimum Gasteiger partial charge on any atom is -0.480 e. The first-order chi connectivity index (χ1) is 10.4. The van der Waals surface area contributed by atoms with E-state index >= 15 is 0 Å². The smallest absolute Gasteiger partial charge is 0.326 e. The van der Waals surface area contributed by atoms with Gasteiger partial charge in [0.05, 0.1) is 0 Å². The Balaban J connectivity index is 2.03. The lowest BCUT2D eigenvalue weighted by molar-refractivity contribution is -0.142. The van der Waals surface area contributed by atoms with Crippen molar-refractivity contribution in [2.45, 2.75) is 45.2 Å². The lowest BCUT2D eigenvalue weighted by Gasteiger charge is -2.18. The van der Waals surface area contributed by atoms with Crippen LogP contribution >= 0.6 is 0 Å². The highest BCUT2D eigenvalue weighted by molar-refractivity contribution is 5.92. The van der Waals surface area contributed by atoms with Crippen LogP contribution in [0.25, 0.3) is 0 Å². The van der Waals surface area contributed by atoms with Gasteiger partial charge in [0.1, 0.15) is 12.1 Å². The van der Waals surface area contributed by atoms with Crippen LogP contribution in [0.2, 0.25) is 0 Å². The van der Waals surface area contributed by atoms with E-state index in [2.05, 4.69) is 10.6 Å². The molecule has 0 spiro atoms. The first-order valence-electron chi connectivity index (χ1n) is 7.25. The lowest BCUT2D eigenvalue weighted by atomic mass is 10.0. The summed E-state index contributed by atoms with van der Waals surface area (Å²) in [5, 5.41) is 14.3. The van der Waals surface area contributed by atoms with Gasteiger partial charge in [-0.05, 0) is 37.0 Å². The molecular formula is C16H20N2O4. The van der Waals surface area contributed by atoms with Crippen molar-refractivity contribution in [1.82, 2.24) is 10.6 Å². The first-order valence-corrected chi connectivity index (χ1v) is 7.25. The normalized spacial score (nSPS) is 18.6. The van der Waals surface area contributed by atoms with Gasteiger partial charge in [-0.25, -0.2) is 4.79 Å². The molecule has 1 aromatic carbocycles. The van der Waals surface area contributed by atoms with Crippen molar-refractivity contribution in [3.8, 4) is 0 Å². The molecule has 1 heterocycles. The summed E-state index contributed by atoms with van der Waals surface area (Å²) in [7, 11) is 0. The van der Waals surface area contributed by atoms with Gasteiger partial charge in [-0.3, -0.25) is 9.59 Å². The van der Waals surface area contributed by atoms with Crippen LogP contribution in [0.4, 0.5) is 0 Å². The molecule has 3 N–H and O–H groups in total. The second-order valence-electron chi connectivity index (χ2n) is 5.68. The molecule has 1 aliphatic heterocycles. The van der Waals surface area contributed by atoms with Crippen molar-refractivity contribution in [1.29, 1.82) is 0 Å². The number of hydrogen-bond acceptors (Lipinski definition) is 3. The molecule has 6 heteroatoms. The highest BCUT2D eigenvalue weighted by Gasteiger charge is 2.30. The molecule has 2 rings (SSSR count). The fourth-order valence-corrected chi connectivity index (χ4v) is 2.45. The van der Waals surface area contributed by atoms with Crippen LogP contribution in [0.15, 0.2) is 18.2 Å². The van der Waals surface area contributed by atoms with Crippen LogP contribution in [0.3, 0.4) is 0 Å². The standard InChI is InChI=1S/C16H20N2O4/c1-9-3-4-11(7-10(9)2)8-13(16(21)22)18-15(20)12-5-6-14(19)17-12/h3-4,7,12-13H,5-6,8H2,1-2H3,(H,17,19)(H,18,20)(H,21,22)/t12-,13+/m1/s1. The highest BCUT2D eigenvalue weighted by atomic mass is 16.4. The number of aliphatic carboxylic acids is 1. The molecule has 0 unspecified atom stereocenters. The van der Waals surface area contributed by atoms with Crippen molar-refractivity contribution in [2.75, 3.05) is 0 Å². The van der Waals surface area contributed by atoms with Crippen LogP contribution < -0.4 is 10.6 Å². The van der Waals surface area contributed by atoms with Gasteiger partial charge < -0.3 is 15.7 Å². The fourth-order valence-electron chi connectivity index (χ4n) is 2.45. The molecule has 1 aromatic rings. The minimum absolute atomic E-state index is 0.179. The van der Waals surface area contributed by atoms with Crippen LogP contribution in [-0.4, -0.2) is 35.0 Å². The number of hydrogen-bond donors (Lipinski definition) is 3. The number of carboxylic acids is 1. The quantitative estimate of drug-likeness (QED) is 0.746. The van der Waals surface area contributed by atoms with Crippen LogP contribution in [0.5, 0.6) is 0 Å². The van der Waals surface area contributed by atoms with Gasteiger partial charge >= 0.3 is 5.97 Å². The Labute approximate surface area is 128 Å². The molecule has 1 aliphatic rings. The number of nitrogens with one attached hydrogen (secondary N) is 2. The van der Waals surface area contributed by atoms with Crippen molar-refractivity contribution < 1.29 is 19.5 Å². The van der Waals surface area contributed by atoms with Gasteiger partial charge in [-0.1, -0.05) is 18.2 Å². The minimum atomic E-state index is -1.09. The summed E-state index contributed by atoms with van der Waals surface area (Å²) in [6.45, 7) is 3.94. The molecular weight excluding hydrogens is 284 g/mol. The van der Waals surface area contributed by atoms with E-state index in [1.165, 1.54) is 0 Å². The van der Waals surface area contributed by atoms with Gasteiger partial charge in [0, 0.05) is 12.8 Å². The molecule has 2 amide bonds. The third-order valence-electron chi connectivity index (χ3n) is 3.94. The van der Waals surface area contributed by atoms with Gasteiger partial charge in [-0.2, -0.15) is 0 Å². The maximum atomic E-state index is 12.0. The summed E-state index contributed by atoms with van der Waals surface area (Å²) in [5.74, 6) is -1.71. The van der Waals surface area contributed by atoms with Gasteiger partial charge in [-0.15, -0.1) is 0 Å². The third-order valence-corrected chi connectivity index (χ3v) is 3.94. The lowest BCUT2D eigenvalue weighted by Crippen LogP contribution is -2.49. The fraction of sp³-hybridized carbons (Fsp3) is 0.438. The van der Waals surface area contributed by atoms with E-state index in [1.807, 2.05) is 32.0 Å². The van der Waals surface area contributed by atoms with E-state index in [1.54, 1.807) is 0 Å². The largest absolute Gasteiger partial charge is 0.480 e. The summed E-state index contributed by atoms with van der Waals surface area (Å²) in [6, 6.07) is 4.08. The zero-order valence-electron chi connectivity index (χ0n) is 12.7. The Bertz CT molecular complexity index is 612. The molecule has 1 saturated heterocycles. The van der Waals surface area contributed by atoms with Crippen molar-refractivity contribution in [3.63, 3.8) is 0 Å². The number of amides is 2. The number of carboxylic acid groups (broad SMARTS) is 1. The Morgan fingerprint density at radius 1 is 1.36 bits per heavy atom. The summed E-state index contributed by atoms with van der Waals surface area (Å²) in [4.78, 5) is 34.5. The van der Waals surface area contributed by atoms with E-state index in [9.17, 15) is 19.5 Å². The Hall–Kier alpha value is -2.37. The molecule has 0 aromatic heterocycles. The number of carbonyl (C=O) groups excluding carboxylic acids is 2. The summed E-state index contributed by atoms with van der Waals surface area (Å²) >= 11 is 0. The Kier molecular flexibility index (Phi) is 4.80. The average molecular weight is 304 g/mol. The second kappa shape index (κ2) is 6.60. The van der Waals surface area contributed by atoms with E-state index < -0.39 is 24.0 Å². The van der Waals surface area contributed by atoms with Crippen LogP contribution in [0.1, 0.15) is 29.5 Å². The Morgan fingerprint density at radius 3 is 2.64 bits per heavy atom. The summed E-state index contributed by atoms with van der Waals surface area (Å²) in [6.07, 6.45) is 0.913. The molecule has 1 fully saturated rings. The van der Waals surface area contributed by atoms with E-state index in [0.29, 0.717) is 12.8 Å². The first kappa shape index (κ1) is 16.0. The zero-order chi connectivity index (χ0) is 16.3. The second-order valence-corrected chi connectivity index (χ2v) is 5.68. The summed E-state index contributed by atoms with van der Waals surface area (Å²) < 4.78 is 0. The Morgan fingerprint density at radius 2 is 2.09 bits per heavy atom. The highest BCUT2D eigenvalue weighted by Crippen LogP contribution is 2.12.